The molecule has 0 amide bonds. The molecule has 0 N–H and O–H groups in total. The third kappa shape index (κ3) is 1.88. The van der Waals surface area contributed by atoms with Crippen molar-refractivity contribution in [1.29, 1.82) is 0 Å². The number of carbonyl (C=O) groups is 1. The Hall–Kier alpha value is -1.91. The highest BCUT2D eigenvalue weighted by molar-refractivity contribution is 5.65. The van der Waals surface area contributed by atoms with Gasteiger partial charge in [-0.15, -0.1) is 5.10 Å². The van der Waals surface area contributed by atoms with Crippen LogP contribution in [-0.2, 0) is 16.1 Å². The molecule has 16 heavy (non-hydrogen) atoms. The molecule has 0 aliphatic rings. The summed E-state index contributed by atoms with van der Waals surface area (Å²) in [5, 5.41) is 4.27. The standard InChI is InChI=1S/C11H13N3O2/c1-7-4-5-8(2)14-11(7)12-10(13-14)6-16-9(3)15/h4-5H,6H2,1-3H3. The van der Waals surface area contributed by atoms with E-state index in [0.29, 0.717) is 5.82 Å². The zero-order valence-electron chi connectivity index (χ0n) is 9.52. The van der Waals surface area contributed by atoms with Crippen molar-refractivity contribution in [3.8, 4) is 0 Å². The van der Waals surface area contributed by atoms with Crippen molar-refractivity contribution in [3.05, 3.63) is 29.2 Å². The van der Waals surface area contributed by atoms with Crippen LogP contribution in [0.15, 0.2) is 12.1 Å². The Kier molecular flexibility index (Phi) is 2.60. The molecule has 0 saturated heterocycles. The molecular weight excluding hydrogens is 206 g/mol. The van der Waals surface area contributed by atoms with E-state index in [0.717, 1.165) is 16.9 Å². The first-order chi connectivity index (χ1) is 7.58. The summed E-state index contributed by atoms with van der Waals surface area (Å²) >= 11 is 0. The van der Waals surface area contributed by atoms with Gasteiger partial charge in [-0.25, -0.2) is 9.50 Å². The molecule has 2 aromatic rings. The number of hydrogen-bond acceptors (Lipinski definition) is 4. The van der Waals surface area contributed by atoms with Crippen molar-refractivity contribution in [3.63, 3.8) is 0 Å². The average Bonchev–Trinajstić information content (AvgIpc) is 2.66. The number of pyridine rings is 1. The molecule has 0 fully saturated rings. The van der Waals surface area contributed by atoms with Gasteiger partial charge in [-0.1, -0.05) is 6.07 Å². The van der Waals surface area contributed by atoms with Crippen LogP contribution in [-0.4, -0.2) is 20.6 Å². The summed E-state index contributed by atoms with van der Waals surface area (Å²) in [5.74, 6) is 0.194. The van der Waals surface area contributed by atoms with E-state index in [9.17, 15) is 4.79 Å². The molecule has 0 unspecified atom stereocenters. The molecule has 0 spiro atoms. The van der Waals surface area contributed by atoms with Gasteiger partial charge in [0.05, 0.1) is 0 Å². The molecule has 2 rings (SSSR count). The van der Waals surface area contributed by atoms with Gasteiger partial charge in [0.15, 0.2) is 18.1 Å². The lowest BCUT2D eigenvalue weighted by molar-refractivity contribution is -0.142. The summed E-state index contributed by atoms with van der Waals surface area (Å²) in [6.07, 6.45) is 0. The lowest BCUT2D eigenvalue weighted by Gasteiger charge is -1.98. The highest BCUT2D eigenvalue weighted by atomic mass is 16.5. The molecule has 0 bridgehead atoms. The van der Waals surface area contributed by atoms with Crippen molar-refractivity contribution in [2.24, 2.45) is 0 Å². The van der Waals surface area contributed by atoms with Crippen molar-refractivity contribution in [1.82, 2.24) is 14.6 Å². The van der Waals surface area contributed by atoms with Crippen LogP contribution in [0.1, 0.15) is 24.0 Å². The fourth-order valence-electron chi connectivity index (χ4n) is 1.47. The number of fused-ring (bicyclic) bond motifs is 1. The second kappa shape index (κ2) is 3.92. The summed E-state index contributed by atoms with van der Waals surface area (Å²) in [5.41, 5.74) is 2.86. The predicted molar refractivity (Wildman–Crippen MR) is 57.9 cm³/mol. The zero-order chi connectivity index (χ0) is 11.7. The van der Waals surface area contributed by atoms with Gasteiger partial charge in [0.25, 0.3) is 0 Å². The van der Waals surface area contributed by atoms with Gasteiger partial charge in [-0.2, -0.15) is 0 Å². The van der Waals surface area contributed by atoms with Gasteiger partial charge in [-0.3, -0.25) is 4.79 Å². The number of ether oxygens (including phenoxy) is 1. The summed E-state index contributed by atoms with van der Waals surface area (Å²) in [6.45, 7) is 5.41. The van der Waals surface area contributed by atoms with Gasteiger partial charge >= 0.3 is 5.97 Å². The van der Waals surface area contributed by atoms with Crippen LogP contribution in [0.25, 0.3) is 5.65 Å². The molecule has 0 radical (unpaired) electrons. The SMILES string of the molecule is CC(=O)OCc1nc2c(C)ccc(C)n2n1. The molecule has 2 heterocycles. The highest BCUT2D eigenvalue weighted by Gasteiger charge is 2.08. The Bertz CT molecular complexity index is 506. The molecule has 0 saturated carbocycles. The molecule has 2 aromatic heterocycles. The Labute approximate surface area is 93.1 Å². The van der Waals surface area contributed by atoms with E-state index in [2.05, 4.69) is 10.1 Å². The number of aromatic nitrogens is 3. The first-order valence-electron chi connectivity index (χ1n) is 5.03. The van der Waals surface area contributed by atoms with E-state index in [1.54, 1.807) is 4.52 Å². The second-order valence-electron chi connectivity index (χ2n) is 3.70. The normalized spacial score (nSPS) is 10.7. The van der Waals surface area contributed by atoms with E-state index in [4.69, 9.17) is 4.74 Å². The van der Waals surface area contributed by atoms with Crippen LogP contribution in [0.5, 0.6) is 0 Å². The van der Waals surface area contributed by atoms with Crippen LogP contribution < -0.4 is 0 Å². The average molecular weight is 219 g/mol. The molecule has 84 valence electrons. The van der Waals surface area contributed by atoms with E-state index < -0.39 is 0 Å². The van der Waals surface area contributed by atoms with Crippen molar-refractivity contribution in [2.75, 3.05) is 0 Å². The summed E-state index contributed by atoms with van der Waals surface area (Å²) in [4.78, 5) is 15.0. The van der Waals surface area contributed by atoms with E-state index in [-0.39, 0.29) is 12.6 Å². The van der Waals surface area contributed by atoms with Crippen LogP contribution in [0.3, 0.4) is 0 Å². The fraction of sp³-hybridized carbons (Fsp3) is 0.364. The summed E-state index contributed by atoms with van der Waals surface area (Å²) in [6, 6.07) is 3.97. The quantitative estimate of drug-likeness (QED) is 0.716. The zero-order valence-corrected chi connectivity index (χ0v) is 9.52. The van der Waals surface area contributed by atoms with Gasteiger partial charge in [0, 0.05) is 12.6 Å². The smallest absolute Gasteiger partial charge is 0.303 e. The van der Waals surface area contributed by atoms with Crippen molar-refractivity contribution in [2.45, 2.75) is 27.4 Å². The first kappa shape index (κ1) is 10.6. The number of esters is 1. The monoisotopic (exact) mass is 219 g/mol. The maximum absolute atomic E-state index is 10.7. The number of hydrogen-bond donors (Lipinski definition) is 0. The maximum atomic E-state index is 10.7. The van der Waals surface area contributed by atoms with Gasteiger partial charge in [0.2, 0.25) is 0 Å². The number of nitrogens with zero attached hydrogens (tertiary/aromatic N) is 3. The minimum absolute atomic E-state index is 0.121. The topological polar surface area (TPSA) is 56.5 Å². The summed E-state index contributed by atoms with van der Waals surface area (Å²) < 4.78 is 6.62. The lowest BCUT2D eigenvalue weighted by Crippen LogP contribution is -2.00. The molecule has 0 aliphatic heterocycles. The third-order valence-electron chi connectivity index (χ3n) is 2.32. The van der Waals surface area contributed by atoms with Crippen LogP contribution in [0.4, 0.5) is 0 Å². The summed E-state index contributed by atoms with van der Waals surface area (Å²) in [7, 11) is 0. The first-order valence-corrected chi connectivity index (χ1v) is 5.03. The Morgan fingerprint density at radius 3 is 2.81 bits per heavy atom. The number of rotatable bonds is 2. The third-order valence-corrected chi connectivity index (χ3v) is 2.32. The molecule has 5 heteroatoms. The van der Waals surface area contributed by atoms with Crippen LogP contribution in [0, 0.1) is 13.8 Å². The molecule has 0 aliphatic carbocycles. The van der Waals surface area contributed by atoms with E-state index in [1.165, 1.54) is 6.92 Å². The Morgan fingerprint density at radius 2 is 2.19 bits per heavy atom. The van der Waals surface area contributed by atoms with Gasteiger partial charge in [-0.05, 0) is 25.5 Å². The van der Waals surface area contributed by atoms with Gasteiger partial charge in [0.1, 0.15) is 0 Å². The van der Waals surface area contributed by atoms with Gasteiger partial charge < -0.3 is 4.74 Å². The largest absolute Gasteiger partial charge is 0.458 e. The minimum Gasteiger partial charge on any atom is -0.458 e. The lowest BCUT2D eigenvalue weighted by atomic mass is 10.3. The Balaban J connectivity index is 2.39. The maximum Gasteiger partial charge on any atom is 0.303 e. The number of aryl methyl sites for hydroxylation is 2. The molecule has 0 atom stereocenters. The van der Waals surface area contributed by atoms with E-state index >= 15 is 0 Å². The predicted octanol–water partition coefficient (Wildman–Crippen LogP) is 1.41. The molecule has 5 nitrogen and oxygen atoms in total. The molecule has 0 aromatic carbocycles. The van der Waals surface area contributed by atoms with E-state index in [1.807, 2.05) is 26.0 Å². The van der Waals surface area contributed by atoms with Crippen LogP contribution in [0.2, 0.25) is 0 Å². The molecular formula is C11H13N3O2. The Morgan fingerprint density at radius 1 is 1.44 bits per heavy atom. The van der Waals surface area contributed by atoms with Crippen molar-refractivity contribution >= 4 is 11.6 Å². The highest BCUT2D eigenvalue weighted by Crippen LogP contribution is 2.10. The second-order valence-corrected chi connectivity index (χ2v) is 3.70. The minimum atomic E-state index is -0.327. The fourth-order valence-corrected chi connectivity index (χ4v) is 1.47. The number of carbonyl (C=O) groups excluding carboxylic acids is 1. The van der Waals surface area contributed by atoms with Crippen molar-refractivity contribution < 1.29 is 9.53 Å². The van der Waals surface area contributed by atoms with Crippen LogP contribution >= 0.6 is 0 Å².